The molecule has 1 fully saturated rings. The van der Waals surface area contributed by atoms with Gasteiger partial charge in [0.05, 0.1) is 6.04 Å². The number of anilines is 1. The molecule has 3 nitrogen and oxygen atoms in total. The second-order valence-electron chi connectivity index (χ2n) is 6.51. The van der Waals surface area contributed by atoms with Gasteiger partial charge in [-0.25, -0.2) is 0 Å². The summed E-state index contributed by atoms with van der Waals surface area (Å²) in [6.45, 7) is 9.61. The molecule has 3 heteroatoms. The van der Waals surface area contributed by atoms with Crippen LogP contribution in [-0.2, 0) is 10.2 Å². The van der Waals surface area contributed by atoms with Gasteiger partial charge in [-0.2, -0.15) is 0 Å². The van der Waals surface area contributed by atoms with Gasteiger partial charge in [-0.1, -0.05) is 39.8 Å². The van der Waals surface area contributed by atoms with Gasteiger partial charge in [0.1, 0.15) is 0 Å². The summed E-state index contributed by atoms with van der Waals surface area (Å²) in [4.78, 5) is 12.1. The van der Waals surface area contributed by atoms with Gasteiger partial charge >= 0.3 is 0 Å². The van der Waals surface area contributed by atoms with Gasteiger partial charge in [0.2, 0.25) is 5.91 Å². The Balaban J connectivity index is 2.02. The molecular formula is C16H24N2O. The number of hydrogen-bond acceptors (Lipinski definition) is 2. The molecule has 1 saturated heterocycles. The third kappa shape index (κ3) is 3.35. The summed E-state index contributed by atoms with van der Waals surface area (Å²) in [6.07, 6.45) is 1.07. The highest BCUT2D eigenvalue weighted by Gasteiger charge is 2.29. The lowest BCUT2D eigenvalue weighted by molar-refractivity contribution is -0.118. The Morgan fingerprint density at radius 2 is 1.89 bits per heavy atom. The Morgan fingerprint density at radius 3 is 2.37 bits per heavy atom. The molecule has 2 N–H and O–H groups in total. The average molecular weight is 260 g/mol. The highest BCUT2D eigenvalue weighted by atomic mass is 16.2. The topological polar surface area (TPSA) is 41.1 Å². The van der Waals surface area contributed by atoms with Gasteiger partial charge in [0.15, 0.2) is 0 Å². The van der Waals surface area contributed by atoms with E-state index < -0.39 is 0 Å². The van der Waals surface area contributed by atoms with Crippen molar-refractivity contribution in [3.8, 4) is 0 Å². The highest BCUT2D eigenvalue weighted by Crippen LogP contribution is 2.24. The number of nitrogens with one attached hydrogen (secondary N) is 2. The normalized spacial score (nSPS) is 23.4. The fourth-order valence-electron chi connectivity index (χ4n) is 2.46. The van der Waals surface area contributed by atoms with E-state index in [1.54, 1.807) is 0 Å². The van der Waals surface area contributed by atoms with Gasteiger partial charge in [0, 0.05) is 5.69 Å². The summed E-state index contributed by atoms with van der Waals surface area (Å²) in [7, 11) is 0. The van der Waals surface area contributed by atoms with Gasteiger partial charge < -0.3 is 10.6 Å². The summed E-state index contributed by atoms with van der Waals surface area (Å²) in [5.41, 5.74) is 2.29. The van der Waals surface area contributed by atoms with E-state index in [2.05, 4.69) is 50.5 Å². The summed E-state index contributed by atoms with van der Waals surface area (Å²) < 4.78 is 0. The standard InChI is InChI=1S/C16H24N2O/c1-11-9-10-17-14(11)15(19)18-13-7-5-12(6-8-13)16(2,3)4/h5-8,11,14,17H,9-10H2,1-4H3,(H,18,19). The lowest BCUT2D eigenvalue weighted by Crippen LogP contribution is -2.39. The zero-order valence-corrected chi connectivity index (χ0v) is 12.3. The molecule has 1 aliphatic rings. The first kappa shape index (κ1) is 14.1. The van der Waals surface area contributed by atoms with E-state index >= 15 is 0 Å². The van der Waals surface area contributed by atoms with Crippen LogP contribution in [0, 0.1) is 5.92 Å². The number of carbonyl (C=O) groups excluding carboxylic acids is 1. The molecule has 2 unspecified atom stereocenters. The van der Waals surface area contributed by atoms with Gasteiger partial charge in [-0.3, -0.25) is 4.79 Å². The Hall–Kier alpha value is -1.35. The largest absolute Gasteiger partial charge is 0.325 e. The molecule has 0 aliphatic carbocycles. The van der Waals surface area contributed by atoms with Crippen LogP contribution >= 0.6 is 0 Å². The molecule has 2 atom stereocenters. The number of carbonyl (C=O) groups is 1. The van der Waals surface area contributed by atoms with Crippen LogP contribution in [0.3, 0.4) is 0 Å². The molecule has 104 valence electrons. The van der Waals surface area contributed by atoms with E-state index in [1.165, 1.54) is 5.56 Å². The second-order valence-corrected chi connectivity index (χ2v) is 6.51. The molecule has 1 heterocycles. The maximum Gasteiger partial charge on any atom is 0.241 e. The number of benzene rings is 1. The van der Waals surface area contributed by atoms with Crippen LogP contribution < -0.4 is 10.6 Å². The van der Waals surface area contributed by atoms with Crippen LogP contribution in [0.25, 0.3) is 0 Å². The number of amides is 1. The molecule has 1 aromatic carbocycles. The molecule has 0 spiro atoms. The van der Waals surface area contributed by atoms with Crippen molar-refractivity contribution in [1.82, 2.24) is 5.32 Å². The summed E-state index contributed by atoms with van der Waals surface area (Å²) in [5, 5.41) is 6.24. The zero-order valence-electron chi connectivity index (χ0n) is 12.3. The molecule has 0 radical (unpaired) electrons. The Morgan fingerprint density at radius 1 is 1.26 bits per heavy atom. The quantitative estimate of drug-likeness (QED) is 0.858. The number of hydrogen-bond donors (Lipinski definition) is 2. The van der Waals surface area contributed by atoms with Crippen molar-refractivity contribution >= 4 is 11.6 Å². The van der Waals surface area contributed by atoms with Crippen molar-refractivity contribution in [2.24, 2.45) is 5.92 Å². The predicted molar refractivity (Wildman–Crippen MR) is 79.3 cm³/mol. The lowest BCUT2D eigenvalue weighted by Gasteiger charge is -2.20. The van der Waals surface area contributed by atoms with Crippen molar-refractivity contribution in [1.29, 1.82) is 0 Å². The van der Waals surface area contributed by atoms with Crippen molar-refractivity contribution in [2.45, 2.75) is 45.6 Å². The van der Waals surface area contributed by atoms with E-state index in [1.807, 2.05) is 12.1 Å². The lowest BCUT2D eigenvalue weighted by atomic mass is 9.87. The van der Waals surface area contributed by atoms with E-state index in [0.29, 0.717) is 5.92 Å². The third-order valence-corrected chi connectivity index (χ3v) is 3.83. The van der Waals surface area contributed by atoms with Crippen LogP contribution in [-0.4, -0.2) is 18.5 Å². The molecule has 1 amide bonds. The molecule has 2 rings (SSSR count). The van der Waals surface area contributed by atoms with Crippen molar-refractivity contribution in [2.75, 3.05) is 11.9 Å². The van der Waals surface area contributed by atoms with E-state index in [9.17, 15) is 4.79 Å². The second kappa shape index (κ2) is 5.33. The fraction of sp³-hybridized carbons (Fsp3) is 0.562. The first-order valence-electron chi connectivity index (χ1n) is 7.03. The molecule has 1 aromatic rings. The van der Waals surface area contributed by atoms with Crippen molar-refractivity contribution < 1.29 is 4.79 Å². The monoisotopic (exact) mass is 260 g/mol. The molecule has 0 bridgehead atoms. The van der Waals surface area contributed by atoms with Crippen LogP contribution in [0.15, 0.2) is 24.3 Å². The Labute approximate surface area is 115 Å². The molecule has 0 aromatic heterocycles. The van der Waals surface area contributed by atoms with E-state index in [-0.39, 0.29) is 17.4 Å². The average Bonchev–Trinajstić information content (AvgIpc) is 2.75. The van der Waals surface area contributed by atoms with Crippen molar-refractivity contribution in [3.63, 3.8) is 0 Å². The molecule has 0 saturated carbocycles. The summed E-state index contributed by atoms with van der Waals surface area (Å²) in [5.74, 6) is 0.488. The van der Waals surface area contributed by atoms with Crippen LogP contribution in [0.4, 0.5) is 5.69 Å². The third-order valence-electron chi connectivity index (χ3n) is 3.83. The van der Waals surface area contributed by atoms with E-state index in [4.69, 9.17) is 0 Å². The van der Waals surface area contributed by atoms with Crippen molar-refractivity contribution in [3.05, 3.63) is 29.8 Å². The molecule has 19 heavy (non-hydrogen) atoms. The maximum absolute atomic E-state index is 12.1. The molecule has 1 aliphatic heterocycles. The van der Waals surface area contributed by atoms with Gasteiger partial charge in [-0.15, -0.1) is 0 Å². The minimum Gasteiger partial charge on any atom is -0.325 e. The summed E-state index contributed by atoms with van der Waals surface area (Å²) >= 11 is 0. The van der Waals surface area contributed by atoms with Crippen LogP contribution in [0.1, 0.15) is 39.7 Å². The minimum atomic E-state index is -0.0534. The maximum atomic E-state index is 12.1. The fourth-order valence-corrected chi connectivity index (χ4v) is 2.46. The van der Waals surface area contributed by atoms with Crippen LogP contribution in [0.2, 0.25) is 0 Å². The first-order valence-corrected chi connectivity index (χ1v) is 7.03. The number of rotatable bonds is 2. The van der Waals surface area contributed by atoms with Gasteiger partial charge in [-0.05, 0) is 42.0 Å². The van der Waals surface area contributed by atoms with Crippen LogP contribution in [0.5, 0.6) is 0 Å². The smallest absolute Gasteiger partial charge is 0.241 e. The first-order chi connectivity index (χ1) is 8.88. The Bertz CT molecular complexity index is 445. The highest BCUT2D eigenvalue weighted by molar-refractivity contribution is 5.95. The molecular weight excluding hydrogens is 236 g/mol. The predicted octanol–water partition coefficient (Wildman–Crippen LogP) is 2.92. The SMILES string of the molecule is CC1CCNC1C(=O)Nc1ccc(C(C)(C)C)cc1. The zero-order chi connectivity index (χ0) is 14.0. The van der Waals surface area contributed by atoms with E-state index in [0.717, 1.165) is 18.7 Å². The van der Waals surface area contributed by atoms with Gasteiger partial charge in [0.25, 0.3) is 0 Å². The Kier molecular flexibility index (Phi) is 3.95. The summed E-state index contributed by atoms with van der Waals surface area (Å²) in [6, 6.07) is 8.08. The minimum absolute atomic E-state index is 0.0534.